The predicted molar refractivity (Wildman–Crippen MR) is 163 cm³/mol. The van der Waals surface area contributed by atoms with Crippen molar-refractivity contribution in [2.75, 3.05) is 13.2 Å². The highest BCUT2D eigenvalue weighted by atomic mass is 16.7. The summed E-state index contributed by atoms with van der Waals surface area (Å²) in [5, 5.41) is 98.5. The average Bonchev–Trinajstić information content (AvgIpc) is 3.11. The molecule has 2 fully saturated rings. The van der Waals surface area contributed by atoms with E-state index < -0.39 is 111 Å². The first-order chi connectivity index (χ1) is 24.1. The molecule has 2 heterocycles. The van der Waals surface area contributed by atoms with Crippen LogP contribution in [0.25, 0.3) is 0 Å². The summed E-state index contributed by atoms with van der Waals surface area (Å²) in [7, 11) is 0. The maximum atomic E-state index is 12.4. The van der Waals surface area contributed by atoms with Crippen molar-refractivity contribution >= 4 is 17.9 Å². The first-order valence-corrected chi connectivity index (χ1v) is 15.5. The lowest BCUT2D eigenvalue weighted by Crippen LogP contribution is -2.60. The maximum Gasteiger partial charge on any atom is 0.336 e. The monoisotopic (exact) mass is 728 g/mol. The van der Waals surface area contributed by atoms with E-state index in [0.29, 0.717) is 11.1 Å². The van der Waals surface area contributed by atoms with Crippen LogP contribution >= 0.6 is 0 Å². The topological polar surface area (TPSA) is 309 Å². The van der Waals surface area contributed by atoms with Crippen molar-refractivity contribution in [3.8, 4) is 11.5 Å². The minimum Gasteiger partial charge on any atom is -0.479 e. The fraction of sp³-hybridized carbons (Fsp3) is 0.531. The molecular weight excluding hydrogens is 688 g/mol. The molecule has 282 valence electrons. The number of aliphatic hydroxyl groups is 9. The van der Waals surface area contributed by atoms with Crippen molar-refractivity contribution in [3.05, 3.63) is 59.7 Å². The normalized spacial score (nSPS) is 30.5. The van der Waals surface area contributed by atoms with Crippen molar-refractivity contribution in [1.82, 2.24) is 0 Å². The summed E-state index contributed by atoms with van der Waals surface area (Å²) in [4.78, 5) is 36.7. The highest BCUT2D eigenvalue weighted by Gasteiger charge is 2.46. The Balaban J connectivity index is 1.23. The molecule has 0 saturated carbocycles. The van der Waals surface area contributed by atoms with Gasteiger partial charge < -0.3 is 79.5 Å². The molecule has 0 aliphatic carbocycles. The van der Waals surface area contributed by atoms with Crippen molar-refractivity contribution in [2.24, 2.45) is 0 Å². The quantitative estimate of drug-likeness (QED) is 0.0793. The van der Waals surface area contributed by atoms with E-state index in [4.69, 9.17) is 28.4 Å². The molecule has 10 atom stereocenters. The van der Waals surface area contributed by atoms with Crippen molar-refractivity contribution in [1.29, 1.82) is 0 Å². The van der Waals surface area contributed by atoms with Gasteiger partial charge in [0.05, 0.1) is 26.1 Å². The minimum absolute atomic E-state index is 0.144. The minimum atomic E-state index is -2.86. The summed E-state index contributed by atoms with van der Waals surface area (Å²) in [6, 6.07) is 11.4. The van der Waals surface area contributed by atoms with E-state index in [0.717, 1.165) is 0 Å². The molecule has 19 heteroatoms. The molecule has 10 N–H and O–H groups in total. The van der Waals surface area contributed by atoms with E-state index in [9.17, 15) is 65.4 Å². The van der Waals surface area contributed by atoms with Gasteiger partial charge in [-0.1, -0.05) is 24.3 Å². The molecule has 0 radical (unpaired) electrons. The summed E-state index contributed by atoms with van der Waals surface area (Å²) in [6.07, 6.45) is -17.0. The van der Waals surface area contributed by atoms with Gasteiger partial charge in [0, 0.05) is 0 Å². The van der Waals surface area contributed by atoms with Gasteiger partial charge in [0.2, 0.25) is 12.6 Å². The molecule has 2 saturated heterocycles. The van der Waals surface area contributed by atoms with E-state index in [2.05, 4.69) is 0 Å². The molecule has 51 heavy (non-hydrogen) atoms. The summed E-state index contributed by atoms with van der Waals surface area (Å²) in [6.45, 7) is -2.01. The van der Waals surface area contributed by atoms with Gasteiger partial charge >= 0.3 is 17.9 Å². The number of esters is 2. The van der Waals surface area contributed by atoms with Crippen molar-refractivity contribution in [3.63, 3.8) is 0 Å². The van der Waals surface area contributed by atoms with Gasteiger partial charge in [-0.15, -0.1) is 0 Å². The molecule has 0 bridgehead atoms. The number of rotatable bonds is 15. The number of aliphatic carboxylic acids is 1. The van der Waals surface area contributed by atoms with Gasteiger partial charge in [0.25, 0.3) is 0 Å². The number of carbonyl (C=O) groups excluding carboxylic acids is 2. The van der Waals surface area contributed by atoms with Gasteiger partial charge in [-0.2, -0.15) is 0 Å². The van der Waals surface area contributed by atoms with Gasteiger partial charge in [0.1, 0.15) is 73.5 Å². The number of carboxylic acids is 1. The zero-order valence-electron chi connectivity index (χ0n) is 26.8. The number of ether oxygens (including phenoxy) is 6. The Morgan fingerprint density at radius 2 is 0.941 bits per heavy atom. The SMILES string of the molecule is O=C(CC(O)(CC(=O)OCc1ccc(OC2OC(CO)C(O)C(O)C2O)cc1)C(=O)O)OCc1ccc(OC2OC(CO)C(O)C(O)C2O)cc1. The van der Waals surface area contributed by atoms with Crippen LogP contribution < -0.4 is 9.47 Å². The lowest BCUT2D eigenvalue weighted by Gasteiger charge is -2.39. The molecule has 4 rings (SSSR count). The smallest absolute Gasteiger partial charge is 0.336 e. The maximum absolute atomic E-state index is 12.4. The van der Waals surface area contributed by atoms with Gasteiger partial charge in [0.15, 0.2) is 5.60 Å². The molecule has 2 aliphatic rings. The Morgan fingerprint density at radius 3 is 1.25 bits per heavy atom. The molecule has 2 aromatic carbocycles. The number of benzene rings is 2. The van der Waals surface area contributed by atoms with Gasteiger partial charge in [-0.05, 0) is 35.4 Å². The Labute approximate surface area is 289 Å². The number of hydrogen-bond acceptors (Lipinski definition) is 18. The first kappa shape index (κ1) is 39.8. The van der Waals surface area contributed by atoms with Crippen LogP contribution in [-0.2, 0) is 46.5 Å². The number of carboxylic acid groups (broad SMARTS) is 1. The molecular formula is C32H40O19. The third-order valence-electron chi connectivity index (χ3n) is 8.12. The zero-order valence-corrected chi connectivity index (χ0v) is 26.8. The van der Waals surface area contributed by atoms with E-state index in [1.165, 1.54) is 48.5 Å². The second kappa shape index (κ2) is 17.5. The van der Waals surface area contributed by atoms with Crippen LogP contribution in [0.5, 0.6) is 11.5 Å². The lowest BCUT2D eigenvalue weighted by molar-refractivity contribution is -0.277. The fourth-order valence-corrected chi connectivity index (χ4v) is 5.05. The third kappa shape index (κ3) is 10.1. The third-order valence-corrected chi connectivity index (χ3v) is 8.12. The van der Waals surface area contributed by atoms with Crippen LogP contribution in [-0.4, -0.2) is 149 Å². The lowest BCUT2D eigenvalue weighted by atomic mass is 9.96. The van der Waals surface area contributed by atoms with Crippen LogP contribution in [0.1, 0.15) is 24.0 Å². The number of aliphatic hydroxyl groups excluding tert-OH is 8. The Kier molecular flexibility index (Phi) is 13.6. The van der Waals surface area contributed by atoms with Crippen molar-refractivity contribution in [2.45, 2.75) is 93.1 Å². The first-order valence-electron chi connectivity index (χ1n) is 15.5. The Bertz CT molecular complexity index is 1350. The van der Waals surface area contributed by atoms with E-state index in [-0.39, 0.29) is 24.7 Å². The largest absolute Gasteiger partial charge is 0.479 e. The van der Waals surface area contributed by atoms with Crippen LogP contribution in [0.15, 0.2) is 48.5 Å². The molecule has 2 aromatic rings. The van der Waals surface area contributed by atoms with E-state index in [1.807, 2.05) is 0 Å². The van der Waals surface area contributed by atoms with Crippen LogP contribution in [0.4, 0.5) is 0 Å². The zero-order chi connectivity index (χ0) is 37.5. The average molecular weight is 729 g/mol. The summed E-state index contributed by atoms with van der Waals surface area (Å²) in [5.74, 6) is -3.88. The standard InChI is InChI=1S/C32H40O19/c33-11-19-23(37)25(39)27(41)29(50-19)48-17-5-1-15(2-6-17)13-46-21(35)9-32(45,31(43)44)10-22(36)47-14-16-3-7-18(8-4-16)49-30-28(42)26(40)24(38)20(12-34)51-30/h1-8,19-20,23-30,33-34,37-42,45H,9-14H2,(H,43,44). The van der Waals surface area contributed by atoms with Crippen molar-refractivity contribution < 1.29 is 93.9 Å². The highest BCUT2D eigenvalue weighted by Crippen LogP contribution is 2.27. The van der Waals surface area contributed by atoms with Crippen LogP contribution in [0, 0.1) is 0 Å². The molecule has 2 aliphatic heterocycles. The summed E-state index contributed by atoms with van der Waals surface area (Å²) < 4.78 is 31.6. The molecule has 19 nitrogen and oxygen atoms in total. The highest BCUT2D eigenvalue weighted by molar-refractivity contribution is 5.89. The molecule has 0 spiro atoms. The number of hydrogen-bond donors (Lipinski definition) is 10. The van der Waals surface area contributed by atoms with Crippen LogP contribution in [0.3, 0.4) is 0 Å². The predicted octanol–water partition coefficient (Wildman–Crippen LogP) is -3.57. The van der Waals surface area contributed by atoms with E-state index in [1.54, 1.807) is 0 Å². The molecule has 0 amide bonds. The molecule has 10 unspecified atom stereocenters. The molecule has 0 aromatic heterocycles. The Morgan fingerprint density at radius 1 is 0.588 bits per heavy atom. The van der Waals surface area contributed by atoms with Gasteiger partial charge in [-0.25, -0.2) is 4.79 Å². The van der Waals surface area contributed by atoms with Crippen LogP contribution in [0.2, 0.25) is 0 Å². The number of carbonyl (C=O) groups is 3. The summed E-state index contributed by atoms with van der Waals surface area (Å²) in [5.41, 5.74) is -2.07. The van der Waals surface area contributed by atoms with Gasteiger partial charge in [-0.3, -0.25) is 9.59 Å². The van der Waals surface area contributed by atoms with E-state index >= 15 is 0 Å². The second-order valence-electron chi connectivity index (χ2n) is 11.9. The summed E-state index contributed by atoms with van der Waals surface area (Å²) >= 11 is 0. The second-order valence-corrected chi connectivity index (χ2v) is 11.9. The fourth-order valence-electron chi connectivity index (χ4n) is 5.05. The Hall–Kier alpha value is -3.99.